The summed E-state index contributed by atoms with van der Waals surface area (Å²) in [4.78, 5) is 11.9. The lowest BCUT2D eigenvalue weighted by molar-refractivity contribution is -0.114. The largest absolute Gasteiger partial charge is 0.376 e. The average Bonchev–Trinajstić information content (AvgIpc) is 2.46. The molecule has 104 valence electrons. The summed E-state index contributed by atoms with van der Waals surface area (Å²) in [5.74, 6) is -0.0779. The molecule has 0 aromatic heterocycles. The van der Waals surface area contributed by atoms with Crippen molar-refractivity contribution in [3.8, 4) is 0 Å². The van der Waals surface area contributed by atoms with E-state index in [0.717, 1.165) is 23.4 Å². The van der Waals surface area contributed by atoms with Crippen molar-refractivity contribution in [3.63, 3.8) is 0 Å². The topological polar surface area (TPSA) is 41.1 Å². The van der Waals surface area contributed by atoms with Gasteiger partial charge in [-0.05, 0) is 36.2 Å². The number of carbonyl (C=O) groups excluding carboxylic acids is 1. The fraction of sp³-hybridized carbons (Fsp3) is 0.188. The van der Waals surface area contributed by atoms with E-state index in [0.29, 0.717) is 5.02 Å². The van der Waals surface area contributed by atoms with Crippen LogP contribution in [0.25, 0.3) is 0 Å². The van der Waals surface area contributed by atoms with Gasteiger partial charge in [-0.2, -0.15) is 0 Å². The van der Waals surface area contributed by atoms with Crippen LogP contribution in [0.2, 0.25) is 5.02 Å². The Morgan fingerprint density at radius 1 is 1.15 bits per heavy atom. The molecule has 2 aromatic rings. The second kappa shape index (κ2) is 6.96. The van der Waals surface area contributed by atoms with E-state index in [1.54, 1.807) is 12.1 Å². The van der Waals surface area contributed by atoms with Crippen LogP contribution in [0.1, 0.15) is 12.5 Å². The highest BCUT2D eigenvalue weighted by Crippen LogP contribution is 2.16. The summed E-state index contributed by atoms with van der Waals surface area (Å²) in [6, 6.07) is 15.1. The quantitative estimate of drug-likeness (QED) is 0.874. The molecular formula is C16H17ClN2O. The molecule has 0 fully saturated rings. The second-order valence-corrected chi connectivity index (χ2v) is 4.86. The van der Waals surface area contributed by atoms with E-state index < -0.39 is 0 Å². The van der Waals surface area contributed by atoms with Gasteiger partial charge in [0.2, 0.25) is 5.91 Å². The predicted molar refractivity (Wildman–Crippen MR) is 84.4 cm³/mol. The number of aryl methyl sites for hydroxylation is 1. The van der Waals surface area contributed by atoms with Crippen LogP contribution in [0, 0.1) is 0 Å². The third-order valence-electron chi connectivity index (χ3n) is 2.95. The maximum absolute atomic E-state index is 11.9. The molecule has 0 heterocycles. The van der Waals surface area contributed by atoms with Crippen LogP contribution < -0.4 is 10.6 Å². The van der Waals surface area contributed by atoms with Crippen molar-refractivity contribution in [3.05, 3.63) is 59.1 Å². The zero-order valence-corrected chi connectivity index (χ0v) is 12.1. The maximum Gasteiger partial charge on any atom is 0.243 e. The summed E-state index contributed by atoms with van der Waals surface area (Å²) < 4.78 is 0. The molecule has 0 saturated carbocycles. The molecule has 20 heavy (non-hydrogen) atoms. The molecule has 3 nitrogen and oxygen atoms in total. The molecule has 4 heteroatoms. The SMILES string of the molecule is CCc1ccccc1NC(=O)CNc1cccc(Cl)c1. The summed E-state index contributed by atoms with van der Waals surface area (Å²) in [6.07, 6.45) is 0.887. The number of rotatable bonds is 5. The van der Waals surface area contributed by atoms with E-state index in [2.05, 4.69) is 17.6 Å². The number of anilines is 2. The van der Waals surface area contributed by atoms with Gasteiger partial charge in [0, 0.05) is 16.4 Å². The molecule has 2 N–H and O–H groups in total. The predicted octanol–water partition coefficient (Wildman–Crippen LogP) is 3.95. The lowest BCUT2D eigenvalue weighted by atomic mass is 10.1. The Bertz CT molecular complexity index is 599. The number of halogens is 1. The molecule has 0 saturated heterocycles. The van der Waals surface area contributed by atoms with Crippen molar-refractivity contribution in [1.82, 2.24) is 0 Å². The van der Waals surface area contributed by atoms with Gasteiger partial charge < -0.3 is 10.6 Å². The molecule has 0 radical (unpaired) electrons. The lowest BCUT2D eigenvalue weighted by Gasteiger charge is -2.11. The molecule has 0 aliphatic heterocycles. The molecule has 2 rings (SSSR count). The van der Waals surface area contributed by atoms with Gasteiger partial charge in [0.1, 0.15) is 0 Å². The highest BCUT2D eigenvalue weighted by molar-refractivity contribution is 6.30. The Labute approximate surface area is 124 Å². The Morgan fingerprint density at radius 2 is 1.95 bits per heavy atom. The van der Waals surface area contributed by atoms with Gasteiger partial charge in [0.05, 0.1) is 6.54 Å². The molecular weight excluding hydrogens is 272 g/mol. The first-order valence-electron chi connectivity index (χ1n) is 6.56. The third kappa shape index (κ3) is 4.00. The number of nitrogens with one attached hydrogen (secondary N) is 2. The van der Waals surface area contributed by atoms with Crippen molar-refractivity contribution in [2.45, 2.75) is 13.3 Å². The summed E-state index contributed by atoms with van der Waals surface area (Å²) in [6.45, 7) is 2.27. The van der Waals surface area contributed by atoms with Crippen LogP contribution in [-0.4, -0.2) is 12.5 Å². The summed E-state index contributed by atoms with van der Waals surface area (Å²) in [5.41, 5.74) is 2.83. The van der Waals surface area contributed by atoms with E-state index in [1.807, 2.05) is 36.4 Å². The fourth-order valence-corrected chi connectivity index (χ4v) is 2.12. The van der Waals surface area contributed by atoms with E-state index in [-0.39, 0.29) is 12.5 Å². The van der Waals surface area contributed by atoms with Gasteiger partial charge in [0.25, 0.3) is 0 Å². The third-order valence-corrected chi connectivity index (χ3v) is 3.19. The van der Waals surface area contributed by atoms with Gasteiger partial charge in [-0.1, -0.05) is 42.8 Å². The minimum absolute atomic E-state index is 0.0779. The first kappa shape index (κ1) is 14.4. The highest BCUT2D eigenvalue weighted by atomic mass is 35.5. The zero-order valence-electron chi connectivity index (χ0n) is 11.3. The smallest absolute Gasteiger partial charge is 0.243 e. The summed E-state index contributed by atoms with van der Waals surface area (Å²) in [7, 11) is 0. The number of benzene rings is 2. The number of carbonyl (C=O) groups is 1. The second-order valence-electron chi connectivity index (χ2n) is 4.42. The van der Waals surface area contributed by atoms with E-state index in [9.17, 15) is 4.79 Å². The Kier molecular flexibility index (Phi) is 5.02. The molecule has 0 atom stereocenters. The fourth-order valence-electron chi connectivity index (χ4n) is 1.93. The Balaban J connectivity index is 1.93. The molecule has 0 unspecified atom stereocenters. The van der Waals surface area contributed by atoms with E-state index >= 15 is 0 Å². The number of hydrogen-bond acceptors (Lipinski definition) is 2. The van der Waals surface area contributed by atoms with Gasteiger partial charge >= 0.3 is 0 Å². The maximum atomic E-state index is 11.9. The van der Waals surface area contributed by atoms with Crippen LogP contribution in [-0.2, 0) is 11.2 Å². The lowest BCUT2D eigenvalue weighted by Crippen LogP contribution is -2.22. The van der Waals surface area contributed by atoms with Gasteiger partial charge in [-0.3, -0.25) is 4.79 Å². The van der Waals surface area contributed by atoms with E-state index in [1.165, 1.54) is 0 Å². The normalized spacial score (nSPS) is 10.1. The van der Waals surface area contributed by atoms with Crippen molar-refractivity contribution in [1.29, 1.82) is 0 Å². The number of para-hydroxylation sites is 1. The van der Waals surface area contributed by atoms with Crippen LogP contribution in [0.4, 0.5) is 11.4 Å². The number of amides is 1. The van der Waals surface area contributed by atoms with Crippen LogP contribution >= 0.6 is 11.6 Å². The molecule has 0 aliphatic carbocycles. The van der Waals surface area contributed by atoms with Crippen LogP contribution in [0.5, 0.6) is 0 Å². The number of hydrogen-bond donors (Lipinski definition) is 2. The summed E-state index contributed by atoms with van der Waals surface area (Å²) >= 11 is 5.89. The molecule has 0 aliphatic rings. The van der Waals surface area contributed by atoms with Gasteiger partial charge in [0.15, 0.2) is 0 Å². The molecule has 0 bridgehead atoms. The molecule has 0 spiro atoms. The van der Waals surface area contributed by atoms with Gasteiger partial charge in [-0.25, -0.2) is 0 Å². The van der Waals surface area contributed by atoms with Crippen molar-refractivity contribution >= 4 is 28.9 Å². The Hall–Kier alpha value is -2.00. The Morgan fingerprint density at radius 3 is 2.70 bits per heavy atom. The minimum atomic E-state index is -0.0779. The highest BCUT2D eigenvalue weighted by Gasteiger charge is 2.05. The van der Waals surface area contributed by atoms with Crippen molar-refractivity contribution in [2.24, 2.45) is 0 Å². The standard InChI is InChI=1S/C16H17ClN2O/c1-2-12-6-3-4-9-15(12)19-16(20)11-18-14-8-5-7-13(17)10-14/h3-10,18H,2,11H2,1H3,(H,19,20). The first-order valence-corrected chi connectivity index (χ1v) is 6.94. The monoisotopic (exact) mass is 288 g/mol. The van der Waals surface area contributed by atoms with Crippen molar-refractivity contribution < 1.29 is 4.79 Å². The van der Waals surface area contributed by atoms with E-state index in [4.69, 9.17) is 11.6 Å². The average molecular weight is 289 g/mol. The first-order chi connectivity index (χ1) is 9.69. The van der Waals surface area contributed by atoms with Crippen molar-refractivity contribution in [2.75, 3.05) is 17.2 Å². The summed E-state index contributed by atoms with van der Waals surface area (Å²) in [5, 5.41) is 6.60. The van der Waals surface area contributed by atoms with Crippen LogP contribution in [0.15, 0.2) is 48.5 Å². The van der Waals surface area contributed by atoms with Crippen LogP contribution in [0.3, 0.4) is 0 Å². The zero-order chi connectivity index (χ0) is 14.4. The molecule has 1 amide bonds. The minimum Gasteiger partial charge on any atom is -0.376 e. The molecule has 2 aromatic carbocycles. The van der Waals surface area contributed by atoms with Gasteiger partial charge in [-0.15, -0.1) is 0 Å².